The number of hydrogen-bond acceptors (Lipinski definition) is 7. The molecule has 0 fully saturated rings. The lowest BCUT2D eigenvalue weighted by atomic mass is 10.2. The first kappa shape index (κ1) is 20.0. The molecule has 0 atom stereocenters. The third-order valence-electron chi connectivity index (χ3n) is 4.29. The van der Waals surface area contributed by atoms with Crippen LogP contribution in [0.1, 0.15) is 26.2 Å². The topological polar surface area (TPSA) is 76.7 Å². The number of aromatic nitrogens is 2. The number of unbranched alkanes of at least 4 members (excludes halogenated alkanes) is 2. The van der Waals surface area contributed by atoms with Gasteiger partial charge in [0, 0.05) is 39.1 Å². The van der Waals surface area contributed by atoms with Gasteiger partial charge in [0.2, 0.25) is 5.95 Å². The number of anilines is 2. The van der Waals surface area contributed by atoms with Crippen molar-refractivity contribution in [3.8, 4) is 11.5 Å². The summed E-state index contributed by atoms with van der Waals surface area (Å²) < 4.78 is 11.5. The van der Waals surface area contributed by atoms with Crippen LogP contribution >= 0.6 is 0 Å². The Bertz CT molecular complexity index is 721. The second kappa shape index (κ2) is 9.43. The third-order valence-corrected chi connectivity index (χ3v) is 4.29. The predicted molar refractivity (Wildman–Crippen MR) is 108 cm³/mol. The third kappa shape index (κ3) is 4.66. The van der Waals surface area contributed by atoms with Crippen LogP contribution in [0.5, 0.6) is 11.5 Å². The molecule has 26 heavy (non-hydrogen) atoms. The number of methoxy groups -OCH3 is 1. The van der Waals surface area contributed by atoms with Crippen molar-refractivity contribution in [1.82, 2.24) is 9.97 Å². The van der Waals surface area contributed by atoms with Gasteiger partial charge in [-0.1, -0.05) is 0 Å². The number of nitrogens with zero attached hydrogens (tertiary/aromatic N) is 4. The van der Waals surface area contributed by atoms with Gasteiger partial charge in [-0.15, -0.1) is 0 Å². The summed E-state index contributed by atoms with van der Waals surface area (Å²) in [6, 6.07) is 3.90. The van der Waals surface area contributed by atoms with E-state index in [1.807, 2.05) is 43.1 Å². The standard InChI is InChI=1S/C19H31N5O2/c1-6-24(4)19-21-15-13-17(26-11-9-7-8-10-20)16(25-5)12-14(15)18(22-19)23(2)3/h12-13H,6-11,20H2,1-5H3. The van der Waals surface area contributed by atoms with E-state index in [0.717, 1.165) is 49.1 Å². The van der Waals surface area contributed by atoms with Crippen molar-refractivity contribution in [3.05, 3.63) is 12.1 Å². The van der Waals surface area contributed by atoms with Crippen molar-refractivity contribution in [2.24, 2.45) is 5.73 Å². The Labute approximate surface area is 156 Å². The van der Waals surface area contributed by atoms with Gasteiger partial charge in [0.1, 0.15) is 5.82 Å². The molecule has 0 radical (unpaired) electrons. The van der Waals surface area contributed by atoms with Crippen LogP contribution in [0.15, 0.2) is 12.1 Å². The Balaban J connectivity index is 2.41. The van der Waals surface area contributed by atoms with E-state index < -0.39 is 0 Å². The van der Waals surface area contributed by atoms with Gasteiger partial charge in [-0.25, -0.2) is 4.98 Å². The molecule has 0 amide bonds. The molecule has 7 nitrogen and oxygen atoms in total. The first-order valence-corrected chi connectivity index (χ1v) is 9.12. The Kier molecular flexibility index (Phi) is 7.26. The molecule has 0 bridgehead atoms. The summed E-state index contributed by atoms with van der Waals surface area (Å²) in [5, 5.41) is 0.940. The molecule has 0 unspecified atom stereocenters. The highest BCUT2D eigenvalue weighted by atomic mass is 16.5. The maximum absolute atomic E-state index is 5.96. The molecular formula is C19H31N5O2. The summed E-state index contributed by atoms with van der Waals surface area (Å²) in [4.78, 5) is 13.4. The SMILES string of the molecule is CCN(C)c1nc(N(C)C)c2cc(OC)c(OCCCCCN)cc2n1. The number of nitrogens with two attached hydrogens (primary N) is 1. The molecule has 1 aromatic carbocycles. The first-order chi connectivity index (χ1) is 12.5. The smallest absolute Gasteiger partial charge is 0.227 e. The normalized spacial score (nSPS) is 10.8. The Morgan fingerprint density at radius 2 is 1.81 bits per heavy atom. The quantitative estimate of drug-likeness (QED) is 0.652. The lowest BCUT2D eigenvalue weighted by molar-refractivity contribution is 0.286. The maximum atomic E-state index is 5.96. The minimum absolute atomic E-state index is 0.634. The highest BCUT2D eigenvalue weighted by Gasteiger charge is 2.16. The highest BCUT2D eigenvalue weighted by molar-refractivity contribution is 5.93. The molecule has 0 aliphatic carbocycles. The van der Waals surface area contributed by atoms with Crippen molar-refractivity contribution in [1.29, 1.82) is 0 Å². The van der Waals surface area contributed by atoms with Crippen molar-refractivity contribution in [2.45, 2.75) is 26.2 Å². The summed E-state index contributed by atoms with van der Waals surface area (Å²) in [6.45, 7) is 4.26. The molecule has 1 aromatic heterocycles. The minimum atomic E-state index is 0.634. The zero-order valence-corrected chi connectivity index (χ0v) is 16.6. The molecule has 0 saturated heterocycles. The minimum Gasteiger partial charge on any atom is -0.493 e. The van der Waals surface area contributed by atoms with Crippen LogP contribution in [0.2, 0.25) is 0 Å². The molecule has 144 valence electrons. The zero-order chi connectivity index (χ0) is 19.1. The summed E-state index contributed by atoms with van der Waals surface area (Å²) in [6.07, 6.45) is 3.05. The lowest BCUT2D eigenvalue weighted by Gasteiger charge is -2.21. The Morgan fingerprint density at radius 1 is 1.04 bits per heavy atom. The molecule has 0 saturated carbocycles. The molecule has 2 aromatic rings. The van der Waals surface area contributed by atoms with E-state index in [1.54, 1.807) is 7.11 Å². The largest absolute Gasteiger partial charge is 0.493 e. The van der Waals surface area contributed by atoms with E-state index >= 15 is 0 Å². The van der Waals surface area contributed by atoms with E-state index in [1.165, 1.54) is 0 Å². The van der Waals surface area contributed by atoms with E-state index in [9.17, 15) is 0 Å². The van der Waals surface area contributed by atoms with Gasteiger partial charge in [-0.05, 0) is 38.8 Å². The van der Waals surface area contributed by atoms with Crippen LogP contribution in [0.3, 0.4) is 0 Å². The van der Waals surface area contributed by atoms with E-state index in [2.05, 4.69) is 6.92 Å². The van der Waals surface area contributed by atoms with Crippen molar-refractivity contribution >= 4 is 22.7 Å². The van der Waals surface area contributed by atoms with Gasteiger partial charge in [0.05, 0.1) is 19.2 Å². The predicted octanol–water partition coefficient (Wildman–Crippen LogP) is 2.67. The van der Waals surface area contributed by atoms with Crippen LogP contribution < -0.4 is 25.0 Å². The number of benzene rings is 1. The zero-order valence-electron chi connectivity index (χ0n) is 16.6. The summed E-state index contributed by atoms with van der Waals surface area (Å²) in [5.74, 6) is 2.96. The molecule has 7 heteroatoms. The van der Waals surface area contributed by atoms with Crippen LogP contribution in [-0.2, 0) is 0 Å². The van der Waals surface area contributed by atoms with Gasteiger partial charge >= 0.3 is 0 Å². The molecule has 0 aliphatic heterocycles. The maximum Gasteiger partial charge on any atom is 0.227 e. The monoisotopic (exact) mass is 361 g/mol. The second-order valence-corrected chi connectivity index (χ2v) is 6.47. The van der Waals surface area contributed by atoms with Crippen LogP contribution in [0.25, 0.3) is 10.9 Å². The van der Waals surface area contributed by atoms with E-state index in [-0.39, 0.29) is 0 Å². The molecule has 2 rings (SSSR count). The van der Waals surface area contributed by atoms with Gasteiger partial charge in [-0.2, -0.15) is 4.98 Å². The van der Waals surface area contributed by atoms with Crippen molar-refractivity contribution in [2.75, 3.05) is 57.7 Å². The average molecular weight is 361 g/mol. The van der Waals surface area contributed by atoms with Gasteiger partial charge in [-0.3, -0.25) is 0 Å². The van der Waals surface area contributed by atoms with Crippen molar-refractivity contribution in [3.63, 3.8) is 0 Å². The highest BCUT2D eigenvalue weighted by Crippen LogP contribution is 2.36. The van der Waals surface area contributed by atoms with Crippen LogP contribution in [-0.4, -0.2) is 57.9 Å². The fourth-order valence-corrected chi connectivity index (χ4v) is 2.64. The van der Waals surface area contributed by atoms with Crippen LogP contribution in [0.4, 0.5) is 11.8 Å². The fourth-order valence-electron chi connectivity index (χ4n) is 2.64. The van der Waals surface area contributed by atoms with Gasteiger partial charge < -0.3 is 25.0 Å². The number of hydrogen-bond donors (Lipinski definition) is 1. The Morgan fingerprint density at radius 3 is 2.42 bits per heavy atom. The Hall–Kier alpha value is -2.28. The average Bonchev–Trinajstić information content (AvgIpc) is 2.65. The van der Waals surface area contributed by atoms with E-state index in [4.69, 9.17) is 25.2 Å². The first-order valence-electron chi connectivity index (χ1n) is 9.12. The van der Waals surface area contributed by atoms with Gasteiger partial charge in [0.15, 0.2) is 11.5 Å². The van der Waals surface area contributed by atoms with Gasteiger partial charge in [0.25, 0.3) is 0 Å². The van der Waals surface area contributed by atoms with Crippen LogP contribution in [0, 0.1) is 0 Å². The fraction of sp³-hybridized carbons (Fsp3) is 0.579. The number of ether oxygens (including phenoxy) is 2. The number of rotatable bonds is 10. The second-order valence-electron chi connectivity index (χ2n) is 6.47. The lowest BCUT2D eigenvalue weighted by Crippen LogP contribution is -2.21. The number of fused-ring (bicyclic) bond motifs is 1. The summed E-state index contributed by atoms with van der Waals surface area (Å²) in [7, 11) is 7.59. The molecule has 1 heterocycles. The summed E-state index contributed by atoms with van der Waals surface area (Å²) >= 11 is 0. The molecular weight excluding hydrogens is 330 g/mol. The summed E-state index contributed by atoms with van der Waals surface area (Å²) in [5.41, 5.74) is 6.38. The van der Waals surface area contributed by atoms with Crippen molar-refractivity contribution < 1.29 is 9.47 Å². The molecule has 0 spiro atoms. The molecule has 2 N–H and O–H groups in total. The molecule has 0 aliphatic rings. The van der Waals surface area contributed by atoms with E-state index in [0.29, 0.717) is 24.1 Å².